The Morgan fingerprint density at radius 1 is 0.846 bits per heavy atom. The highest BCUT2D eigenvalue weighted by molar-refractivity contribution is 7.49. The molecule has 0 saturated carbocycles. The van der Waals surface area contributed by atoms with Gasteiger partial charge in [-0.1, -0.05) is 48.6 Å². The smallest absolute Gasteiger partial charge is 0.455 e. The van der Waals surface area contributed by atoms with Crippen LogP contribution in [0.4, 0.5) is 0 Å². The molecule has 2 aromatic rings. The van der Waals surface area contributed by atoms with Gasteiger partial charge in [-0.15, -0.1) is 0 Å². The van der Waals surface area contributed by atoms with Crippen molar-refractivity contribution in [3.63, 3.8) is 0 Å². The maximum absolute atomic E-state index is 14.1. The van der Waals surface area contributed by atoms with E-state index in [1.807, 2.05) is 0 Å². The fourth-order valence-corrected chi connectivity index (χ4v) is 5.50. The number of fused-ring (bicyclic) bond motifs is 1. The summed E-state index contributed by atoms with van der Waals surface area (Å²) >= 11 is 0. The molecule has 1 saturated heterocycles. The third-order valence-electron chi connectivity index (χ3n) is 5.91. The monoisotopic (exact) mass is 562 g/mol. The van der Waals surface area contributed by atoms with Gasteiger partial charge in [0.15, 0.2) is 24.6 Å². The van der Waals surface area contributed by atoms with Crippen LogP contribution in [0.2, 0.25) is 0 Å². The second-order valence-electron chi connectivity index (χ2n) is 8.74. The first-order chi connectivity index (χ1) is 18.9. The summed E-state index contributed by atoms with van der Waals surface area (Å²) in [5, 5.41) is 10.0. The van der Waals surface area contributed by atoms with Crippen LogP contribution in [-0.4, -0.2) is 61.5 Å². The molecule has 4 rings (SSSR count). The summed E-state index contributed by atoms with van der Waals surface area (Å²) in [6.45, 7) is -0.586. The molecule has 1 fully saturated rings. The van der Waals surface area contributed by atoms with Crippen molar-refractivity contribution in [2.45, 2.75) is 56.4 Å². The molecule has 5 atom stereocenters. The first-order valence-electron chi connectivity index (χ1n) is 12.5. The van der Waals surface area contributed by atoms with Gasteiger partial charge in [-0.05, 0) is 37.1 Å². The molecule has 0 bridgehead atoms. The molecule has 210 valence electrons. The van der Waals surface area contributed by atoms with E-state index in [1.54, 1.807) is 72.8 Å². The van der Waals surface area contributed by atoms with Crippen molar-refractivity contribution in [1.82, 2.24) is 0 Å². The van der Waals surface area contributed by atoms with E-state index >= 15 is 0 Å². The lowest BCUT2D eigenvalue weighted by atomic mass is 9.98. The van der Waals surface area contributed by atoms with Crippen LogP contribution in [0.25, 0.3) is 0 Å². The van der Waals surface area contributed by atoms with E-state index in [1.165, 1.54) is 7.11 Å². The highest BCUT2D eigenvalue weighted by atomic mass is 31.2. The van der Waals surface area contributed by atoms with Crippen molar-refractivity contribution in [2.24, 2.45) is 0 Å². The third-order valence-corrected chi connectivity index (χ3v) is 7.28. The van der Waals surface area contributed by atoms with E-state index in [0.717, 1.165) is 0 Å². The number of aliphatic hydroxyl groups excluding tert-OH is 1. The summed E-state index contributed by atoms with van der Waals surface area (Å²) in [6.07, 6.45) is -2.14. The number of phosphoric ester groups is 1. The van der Waals surface area contributed by atoms with Gasteiger partial charge in [-0.25, -0.2) is 4.57 Å². The van der Waals surface area contributed by atoms with Gasteiger partial charge in [0, 0.05) is 20.0 Å². The minimum absolute atomic E-state index is 0.0291. The zero-order chi connectivity index (χ0) is 27.7. The molecule has 2 aliphatic heterocycles. The zero-order valence-electron chi connectivity index (χ0n) is 21.3. The van der Waals surface area contributed by atoms with Crippen LogP contribution in [0.1, 0.15) is 25.7 Å². The van der Waals surface area contributed by atoms with E-state index in [9.17, 15) is 19.3 Å². The fraction of sp³-hybridized carbons (Fsp3) is 0.407. The Hall–Kier alpha value is -3.21. The summed E-state index contributed by atoms with van der Waals surface area (Å²) in [7, 11) is -3.24. The molecule has 0 unspecified atom stereocenters. The van der Waals surface area contributed by atoms with Gasteiger partial charge in [0.2, 0.25) is 0 Å². The zero-order valence-corrected chi connectivity index (χ0v) is 22.2. The third kappa shape index (κ3) is 7.90. The predicted molar refractivity (Wildman–Crippen MR) is 137 cm³/mol. The van der Waals surface area contributed by atoms with Crippen LogP contribution in [0.15, 0.2) is 72.8 Å². The van der Waals surface area contributed by atoms with Crippen molar-refractivity contribution in [3.8, 4) is 11.5 Å². The number of carbonyl (C=O) groups excluding carboxylic acids is 2. The fourth-order valence-electron chi connectivity index (χ4n) is 4.10. The Morgan fingerprint density at radius 2 is 1.36 bits per heavy atom. The van der Waals surface area contributed by atoms with Crippen molar-refractivity contribution < 1.29 is 51.8 Å². The van der Waals surface area contributed by atoms with Gasteiger partial charge in [-0.3, -0.25) is 14.1 Å². The van der Waals surface area contributed by atoms with Crippen LogP contribution < -0.4 is 9.05 Å². The van der Waals surface area contributed by atoms with Gasteiger partial charge in [0.05, 0.1) is 6.61 Å². The van der Waals surface area contributed by atoms with Crippen molar-refractivity contribution >= 4 is 19.8 Å². The van der Waals surface area contributed by atoms with Gasteiger partial charge < -0.3 is 33.1 Å². The Labute approximate surface area is 226 Å². The first kappa shape index (κ1) is 28.8. The van der Waals surface area contributed by atoms with Crippen molar-refractivity contribution in [1.29, 1.82) is 0 Å². The summed E-state index contributed by atoms with van der Waals surface area (Å²) in [5.74, 6) is -0.870. The van der Waals surface area contributed by atoms with Crippen molar-refractivity contribution in [3.05, 3.63) is 72.8 Å². The SMILES string of the molecule is CO[C@H]1O[C@H](CO)[C@H]2OC(=O)CCC=CCCC(=O)O[C@@H]2[C@H]1OP(=O)(Oc1ccccc1)Oc1ccccc1. The molecule has 1 N–H and O–H groups in total. The van der Waals surface area contributed by atoms with Gasteiger partial charge in [-0.2, -0.15) is 0 Å². The standard InChI is InChI=1S/C27H31O11P/c1-32-27-26(38-39(31,36-19-12-6-4-7-13-19)37-20-14-8-5-9-15-20)25-24(21(18-28)33-27)34-22(29)16-10-2-3-11-17-23(30)35-25/h2-9,12-15,21,24-28H,10-11,16-18H2,1H3/t21-,24-,25+,26-,27+/m1/s1. The molecule has 0 spiro atoms. The number of rotatable bonds is 8. The Bertz CT molecular complexity index is 1110. The Morgan fingerprint density at radius 3 is 1.85 bits per heavy atom. The molecular weight excluding hydrogens is 531 g/mol. The molecule has 2 heterocycles. The molecule has 11 nitrogen and oxygen atoms in total. The number of benzene rings is 2. The highest BCUT2D eigenvalue weighted by Gasteiger charge is 2.54. The Kier molecular flexibility index (Phi) is 10.1. The number of ether oxygens (including phenoxy) is 4. The molecule has 0 radical (unpaired) electrons. The summed E-state index contributed by atoms with van der Waals surface area (Å²) in [5.41, 5.74) is 0. The van der Waals surface area contributed by atoms with E-state index in [0.29, 0.717) is 12.8 Å². The number of aliphatic hydroxyl groups is 1. The number of phosphoric acid groups is 1. The minimum Gasteiger partial charge on any atom is -0.455 e. The molecule has 0 amide bonds. The summed E-state index contributed by atoms with van der Waals surface area (Å²) in [6, 6.07) is 16.4. The molecule has 0 aromatic heterocycles. The van der Waals surface area contributed by atoms with E-state index < -0.39 is 57.1 Å². The molecule has 2 aromatic carbocycles. The number of para-hydroxylation sites is 2. The van der Waals surface area contributed by atoms with Crippen LogP contribution >= 0.6 is 7.82 Å². The number of carbonyl (C=O) groups is 2. The van der Waals surface area contributed by atoms with Gasteiger partial charge >= 0.3 is 19.8 Å². The van der Waals surface area contributed by atoms with Crippen LogP contribution in [0.5, 0.6) is 11.5 Å². The lowest BCUT2D eigenvalue weighted by Crippen LogP contribution is -2.62. The first-order valence-corrected chi connectivity index (χ1v) is 14.0. The number of hydrogen-bond acceptors (Lipinski definition) is 11. The lowest BCUT2D eigenvalue weighted by Gasteiger charge is -2.44. The van der Waals surface area contributed by atoms with Crippen LogP contribution in [0.3, 0.4) is 0 Å². The second kappa shape index (κ2) is 13.7. The molecule has 0 aliphatic carbocycles. The minimum atomic E-state index is -4.53. The van der Waals surface area contributed by atoms with Crippen molar-refractivity contribution in [2.75, 3.05) is 13.7 Å². The van der Waals surface area contributed by atoms with Crippen LogP contribution in [-0.2, 0) is 37.6 Å². The normalized spacial score (nSPS) is 26.3. The largest absolute Gasteiger partial charge is 0.588 e. The molecule has 2 aliphatic rings. The van der Waals surface area contributed by atoms with Gasteiger partial charge in [0.1, 0.15) is 17.6 Å². The van der Waals surface area contributed by atoms with Gasteiger partial charge in [0.25, 0.3) is 0 Å². The number of allylic oxidation sites excluding steroid dienone is 2. The maximum Gasteiger partial charge on any atom is 0.588 e. The Balaban J connectivity index is 1.71. The summed E-state index contributed by atoms with van der Waals surface area (Å²) < 4.78 is 54.1. The van der Waals surface area contributed by atoms with Crippen LogP contribution in [0, 0.1) is 0 Å². The van der Waals surface area contributed by atoms with E-state index in [4.69, 9.17) is 32.5 Å². The second-order valence-corrected chi connectivity index (χ2v) is 10.2. The van der Waals surface area contributed by atoms with E-state index in [-0.39, 0.29) is 24.3 Å². The quantitative estimate of drug-likeness (QED) is 0.284. The van der Waals surface area contributed by atoms with E-state index in [2.05, 4.69) is 0 Å². The lowest BCUT2D eigenvalue weighted by molar-refractivity contribution is -0.296. The topological polar surface area (TPSA) is 136 Å². The number of methoxy groups -OCH3 is 1. The predicted octanol–water partition coefficient (Wildman–Crippen LogP) is 3.96. The number of esters is 2. The average molecular weight is 563 g/mol. The molecular formula is C27H31O11P. The molecule has 12 heteroatoms. The summed E-state index contributed by atoms with van der Waals surface area (Å²) in [4.78, 5) is 25.4. The molecule has 39 heavy (non-hydrogen) atoms. The average Bonchev–Trinajstić information content (AvgIpc) is 2.92. The maximum atomic E-state index is 14.1. The highest BCUT2D eigenvalue weighted by Crippen LogP contribution is 2.52. The number of hydrogen-bond donors (Lipinski definition) is 1.